The van der Waals surface area contributed by atoms with Crippen molar-refractivity contribution < 1.29 is 33.4 Å². The normalized spacial score (nSPS) is 14.2. The molecule has 9 nitrogen and oxygen atoms in total. The molecule has 4 amide bonds. The van der Waals surface area contributed by atoms with Crippen molar-refractivity contribution in [3.63, 3.8) is 0 Å². The molecule has 1 aliphatic rings. The van der Waals surface area contributed by atoms with Crippen LogP contribution in [0.4, 0.5) is 10.5 Å². The van der Waals surface area contributed by atoms with Gasteiger partial charge in [-0.05, 0) is 79.6 Å². The molecule has 1 N–H and O–H groups in total. The molecule has 0 bridgehead atoms. The minimum absolute atomic E-state index is 0.160. The third-order valence-corrected chi connectivity index (χ3v) is 6.21. The summed E-state index contributed by atoms with van der Waals surface area (Å²) in [6, 6.07) is 15.0. The SMILES string of the molecule is CCOC(=O)c1ccc(N2C(=O)NC(=O)/C(=C\c3cc(Cl)c(OCc4ccc(Cl)cc4)c(OCC)c3)C2=O)cc1. The van der Waals surface area contributed by atoms with Crippen LogP contribution in [0.2, 0.25) is 10.0 Å². The minimum atomic E-state index is -0.921. The molecule has 1 heterocycles. The van der Waals surface area contributed by atoms with Crippen LogP contribution in [-0.4, -0.2) is 37.0 Å². The number of ether oxygens (including phenoxy) is 3. The van der Waals surface area contributed by atoms with Crippen LogP contribution in [0.1, 0.15) is 35.3 Å². The van der Waals surface area contributed by atoms with Crippen LogP contribution in [0, 0.1) is 0 Å². The monoisotopic (exact) mass is 582 g/mol. The van der Waals surface area contributed by atoms with Gasteiger partial charge in [0.2, 0.25) is 0 Å². The van der Waals surface area contributed by atoms with Gasteiger partial charge in [0.25, 0.3) is 11.8 Å². The highest BCUT2D eigenvalue weighted by Gasteiger charge is 2.37. The van der Waals surface area contributed by atoms with E-state index < -0.39 is 23.8 Å². The summed E-state index contributed by atoms with van der Waals surface area (Å²) in [4.78, 5) is 51.3. The van der Waals surface area contributed by atoms with E-state index >= 15 is 0 Å². The van der Waals surface area contributed by atoms with E-state index in [-0.39, 0.29) is 35.1 Å². The number of hydrogen-bond donors (Lipinski definition) is 1. The van der Waals surface area contributed by atoms with E-state index in [0.29, 0.717) is 28.7 Å². The molecule has 206 valence electrons. The molecule has 0 aromatic heterocycles. The van der Waals surface area contributed by atoms with Crippen molar-refractivity contribution in [3.8, 4) is 11.5 Å². The smallest absolute Gasteiger partial charge is 0.338 e. The second kappa shape index (κ2) is 12.7. The van der Waals surface area contributed by atoms with Crippen LogP contribution < -0.4 is 19.7 Å². The summed E-state index contributed by atoms with van der Waals surface area (Å²) in [5.74, 6) is -1.66. The molecule has 3 aromatic rings. The van der Waals surface area contributed by atoms with Crippen LogP contribution in [-0.2, 0) is 20.9 Å². The van der Waals surface area contributed by atoms with Gasteiger partial charge in [0.15, 0.2) is 11.5 Å². The number of barbiturate groups is 1. The van der Waals surface area contributed by atoms with E-state index in [1.807, 2.05) is 12.1 Å². The Hall–Kier alpha value is -4.34. The summed E-state index contributed by atoms with van der Waals surface area (Å²) >= 11 is 12.5. The van der Waals surface area contributed by atoms with Gasteiger partial charge in [0, 0.05) is 5.02 Å². The second-order valence-electron chi connectivity index (χ2n) is 8.40. The molecule has 0 aliphatic carbocycles. The van der Waals surface area contributed by atoms with Gasteiger partial charge in [0.05, 0.1) is 29.5 Å². The Bertz CT molecular complexity index is 1490. The van der Waals surface area contributed by atoms with Crippen molar-refractivity contribution in [3.05, 3.63) is 93.0 Å². The zero-order valence-corrected chi connectivity index (χ0v) is 23.0. The summed E-state index contributed by atoms with van der Waals surface area (Å²) in [6.45, 7) is 4.17. The summed E-state index contributed by atoms with van der Waals surface area (Å²) < 4.78 is 16.6. The highest BCUT2D eigenvalue weighted by molar-refractivity contribution is 6.39. The largest absolute Gasteiger partial charge is 0.490 e. The molecule has 0 radical (unpaired) electrons. The van der Waals surface area contributed by atoms with Gasteiger partial charge in [-0.15, -0.1) is 0 Å². The zero-order chi connectivity index (χ0) is 28.8. The van der Waals surface area contributed by atoms with E-state index in [0.717, 1.165) is 10.5 Å². The van der Waals surface area contributed by atoms with E-state index in [9.17, 15) is 19.2 Å². The lowest BCUT2D eigenvalue weighted by molar-refractivity contribution is -0.122. The van der Waals surface area contributed by atoms with E-state index in [4.69, 9.17) is 37.4 Å². The Balaban J connectivity index is 1.62. The number of nitrogens with zero attached hydrogens (tertiary/aromatic N) is 1. The molecular weight excluding hydrogens is 559 g/mol. The average Bonchev–Trinajstić information content (AvgIpc) is 2.92. The third-order valence-electron chi connectivity index (χ3n) is 5.68. The molecular formula is C29H24Cl2N2O7. The lowest BCUT2D eigenvalue weighted by Gasteiger charge is -2.26. The number of amides is 4. The lowest BCUT2D eigenvalue weighted by atomic mass is 10.1. The third kappa shape index (κ3) is 6.44. The molecule has 0 spiro atoms. The lowest BCUT2D eigenvalue weighted by Crippen LogP contribution is -2.54. The predicted octanol–water partition coefficient (Wildman–Crippen LogP) is 5.81. The predicted molar refractivity (Wildman–Crippen MR) is 150 cm³/mol. The number of anilines is 1. The molecule has 1 aliphatic heterocycles. The summed E-state index contributed by atoms with van der Waals surface area (Å²) in [6.07, 6.45) is 1.31. The number of carbonyl (C=O) groups excluding carboxylic acids is 4. The fourth-order valence-electron chi connectivity index (χ4n) is 3.83. The quantitative estimate of drug-likeness (QED) is 0.192. The van der Waals surface area contributed by atoms with Crippen molar-refractivity contribution in [2.75, 3.05) is 18.1 Å². The molecule has 4 rings (SSSR count). The van der Waals surface area contributed by atoms with Gasteiger partial charge in [-0.2, -0.15) is 0 Å². The van der Waals surface area contributed by atoms with Crippen molar-refractivity contribution in [1.82, 2.24) is 5.32 Å². The van der Waals surface area contributed by atoms with Crippen LogP contribution >= 0.6 is 23.2 Å². The number of esters is 1. The number of nitrogens with one attached hydrogen (secondary N) is 1. The molecule has 11 heteroatoms. The van der Waals surface area contributed by atoms with Gasteiger partial charge in [-0.25, -0.2) is 14.5 Å². The topological polar surface area (TPSA) is 111 Å². The van der Waals surface area contributed by atoms with Gasteiger partial charge in [-0.3, -0.25) is 14.9 Å². The summed E-state index contributed by atoms with van der Waals surface area (Å²) in [7, 11) is 0. The molecule has 0 unspecified atom stereocenters. The van der Waals surface area contributed by atoms with E-state index in [1.54, 1.807) is 32.0 Å². The Morgan fingerprint density at radius 2 is 1.62 bits per heavy atom. The number of halogens is 2. The van der Waals surface area contributed by atoms with Gasteiger partial charge in [0.1, 0.15) is 12.2 Å². The molecule has 0 saturated carbocycles. The van der Waals surface area contributed by atoms with Gasteiger partial charge < -0.3 is 14.2 Å². The number of carbonyl (C=O) groups is 4. The fourth-order valence-corrected chi connectivity index (χ4v) is 4.23. The maximum atomic E-state index is 13.3. The maximum Gasteiger partial charge on any atom is 0.338 e. The first-order chi connectivity index (χ1) is 19.2. The standard InChI is InChI=1S/C29H24Cl2N2O7/c1-3-38-24-15-18(14-23(31)25(24)40-16-17-5-9-20(30)10-6-17)13-22-26(34)32-29(37)33(27(22)35)21-11-7-19(8-12-21)28(36)39-4-2/h5-15H,3-4,16H2,1-2H3,(H,32,34,37)/b22-13+. The molecule has 1 saturated heterocycles. The Kier molecular flexibility index (Phi) is 9.08. The van der Waals surface area contributed by atoms with Crippen molar-refractivity contribution >= 4 is 58.8 Å². The first kappa shape index (κ1) is 28.7. The summed E-state index contributed by atoms with van der Waals surface area (Å²) in [5, 5.41) is 2.96. The first-order valence-corrected chi connectivity index (χ1v) is 13.0. The minimum Gasteiger partial charge on any atom is -0.490 e. The van der Waals surface area contributed by atoms with Crippen LogP contribution in [0.15, 0.2) is 66.2 Å². The zero-order valence-electron chi connectivity index (χ0n) is 21.5. The number of hydrogen-bond acceptors (Lipinski definition) is 7. The van der Waals surface area contributed by atoms with Gasteiger partial charge in [-0.1, -0.05) is 35.3 Å². The number of urea groups is 1. The Morgan fingerprint density at radius 3 is 2.27 bits per heavy atom. The maximum absolute atomic E-state index is 13.3. The van der Waals surface area contributed by atoms with Crippen LogP contribution in [0.3, 0.4) is 0 Å². The molecule has 0 atom stereocenters. The van der Waals surface area contributed by atoms with Crippen molar-refractivity contribution in [2.24, 2.45) is 0 Å². The Labute approximate surface area is 240 Å². The van der Waals surface area contributed by atoms with E-state index in [1.165, 1.54) is 36.4 Å². The Morgan fingerprint density at radius 1 is 0.925 bits per heavy atom. The highest BCUT2D eigenvalue weighted by Crippen LogP contribution is 2.38. The van der Waals surface area contributed by atoms with Crippen LogP contribution in [0.5, 0.6) is 11.5 Å². The number of rotatable bonds is 9. The molecule has 3 aromatic carbocycles. The van der Waals surface area contributed by atoms with Crippen molar-refractivity contribution in [1.29, 1.82) is 0 Å². The molecule has 1 fully saturated rings. The fraction of sp³-hybridized carbons (Fsp3) is 0.172. The number of benzene rings is 3. The number of imide groups is 2. The van der Waals surface area contributed by atoms with Gasteiger partial charge >= 0.3 is 12.0 Å². The molecule has 40 heavy (non-hydrogen) atoms. The van der Waals surface area contributed by atoms with Crippen LogP contribution in [0.25, 0.3) is 6.08 Å². The average molecular weight is 583 g/mol. The first-order valence-electron chi connectivity index (χ1n) is 12.2. The van der Waals surface area contributed by atoms with Crippen molar-refractivity contribution in [2.45, 2.75) is 20.5 Å². The van der Waals surface area contributed by atoms with E-state index in [2.05, 4.69) is 5.32 Å². The highest BCUT2D eigenvalue weighted by atomic mass is 35.5. The summed E-state index contributed by atoms with van der Waals surface area (Å²) in [5.41, 5.74) is 1.34. The second-order valence-corrected chi connectivity index (χ2v) is 9.25.